The van der Waals surface area contributed by atoms with E-state index in [1.54, 1.807) is 0 Å². The average molecular weight is 196 g/mol. The molecule has 0 spiro atoms. The number of nitrogens with one attached hydrogen (secondary N) is 1. The Bertz CT molecular complexity index is 193. The summed E-state index contributed by atoms with van der Waals surface area (Å²) in [6.07, 6.45) is 4.73. The lowest BCUT2D eigenvalue weighted by Crippen LogP contribution is -2.37. The molecule has 2 aliphatic rings. The van der Waals surface area contributed by atoms with Crippen LogP contribution in [0.25, 0.3) is 0 Å². The van der Waals surface area contributed by atoms with Gasteiger partial charge in [-0.25, -0.2) is 0 Å². The van der Waals surface area contributed by atoms with Crippen LogP contribution in [-0.4, -0.2) is 43.4 Å². The van der Waals surface area contributed by atoms with Crippen LogP contribution in [0.1, 0.15) is 25.7 Å². The Kier molecular flexibility index (Phi) is 3.54. The highest BCUT2D eigenvalue weighted by Crippen LogP contribution is 2.27. The fraction of sp³-hybridized carbons (Fsp3) is 0.909. The third-order valence-corrected chi connectivity index (χ3v) is 3.37. The minimum atomic E-state index is 0.409. The minimum Gasteiger partial charge on any atom is -0.315 e. The molecule has 1 N–H and O–H groups in total. The third-order valence-electron chi connectivity index (χ3n) is 3.37. The predicted octanol–water partition coefficient (Wildman–Crippen LogP) is 0.651. The van der Waals surface area contributed by atoms with Gasteiger partial charge < -0.3 is 5.32 Å². The number of hydrogen-bond donors (Lipinski definition) is 1. The van der Waals surface area contributed by atoms with Crippen LogP contribution in [-0.2, 0) is 4.79 Å². The van der Waals surface area contributed by atoms with Gasteiger partial charge in [0, 0.05) is 19.0 Å². The summed E-state index contributed by atoms with van der Waals surface area (Å²) in [5, 5.41) is 3.35. The fourth-order valence-corrected chi connectivity index (χ4v) is 2.14. The van der Waals surface area contributed by atoms with E-state index in [9.17, 15) is 4.79 Å². The molecule has 2 rings (SSSR count). The molecule has 1 saturated carbocycles. The van der Waals surface area contributed by atoms with Crippen LogP contribution in [0.2, 0.25) is 0 Å². The van der Waals surface area contributed by atoms with Crippen LogP contribution in [0.15, 0.2) is 0 Å². The lowest BCUT2D eigenvalue weighted by atomic mass is 9.82. The summed E-state index contributed by atoms with van der Waals surface area (Å²) in [6.45, 7) is 4.97. The standard InChI is InChI=1S/C11H20N2O/c14-11(10-3-1-4-10)9-13-7-2-5-12-6-8-13/h10,12H,1-9H2. The van der Waals surface area contributed by atoms with Gasteiger partial charge in [0.05, 0.1) is 6.54 Å². The Morgan fingerprint density at radius 1 is 1.21 bits per heavy atom. The Balaban J connectivity index is 1.74. The van der Waals surface area contributed by atoms with Crippen molar-refractivity contribution in [2.45, 2.75) is 25.7 Å². The smallest absolute Gasteiger partial charge is 0.149 e. The molecule has 0 radical (unpaired) electrons. The van der Waals surface area contributed by atoms with Crippen molar-refractivity contribution < 1.29 is 4.79 Å². The summed E-state index contributed by atoms with van der Waals surface area (Å²) in [6, 6.07) is 0. The molecular formula is C11H20N2O. The number of rotatable bonds is 3. The second-order valence-corrected chi connectivity index (χ2v) is 4.47. The second-order valence-electron chi connectivity index (χ2n) is 4.47. The third kappa shape index (κ3) is 2.55. The Labute approximate surface area is 85.8 Å². The molecule has 3 nitrogen and oxygen atoms in total. The maximum Gasteiger partial charge on any atom is 0.149 e. The van der Waals surface area contributed by atoms with Crippen LogP contribution in [0.4, 0.5) is 0 Å². The molecular weight excluding hydrogens is 176 g/mol. The van der Waals surface area contributed by atoms with E-state index in [-0.39, 0.29) is 0 Å². The van der Waals surface area contributed by atoms with Gasteiger partial charge in [-0.2, -0.15) is 0 Å². The van der Waals surface area contributed by atoms with Gasteiger partial charge in [0.2, 0.25) is 0 Å². The lowest BCUT2D eigenvalue weighted by molar-refractivity contribution is -0.126. The van der Waals surface area contributed by atoms with Gasteiger partial charge in [-0.15, -0.1) is 0 Å². The van der Waals surface area contributed by atoms with E-state index in [1.807, 2.05) is 0 Å². The first-order chi connectivity index (χ1) is 6.86. The SMILES string of the molecule is O=C(CN1CCCNCC1)C1CCC1. The van der Waals surface area contributed by atoms with E-state index in [1.165, 1.54) is 12.8 Å². The Morgan fingerprint density at radius 2 is 2.07 bits per heavy atom. The molecule has 0 bridgehead atoms. The van der Waals surface area contributed by atoms with Crippen LogP contribution in [0, 0.1) is 5.92 Å². The normalized spacial score (nSPS) is 25.4. The number of ketones is 1. The molecule has 14 heavy (non-hydrogen) atoms. The summed E-state index contributed by atoms with van der Waals surface area (Å²) in [5.41, 5.74) is 0. The average Bonchev–Trinajstić information content (AvgIpc) is 2.29. The fourth-order valence-electron chi connectivity index (χ4n) is 2.14. The van der Waals surface area contributed by atoms with E-state index >= 15 is 0 Å². The first-order valence-electron chi connectivity index (χ1n) is 5.82. The summed E-state index contributed by atoms with van der Waals surface area (Å²) in [4.78, 5) is 14.0. The number of nitrogens with zero attached hydrogens (tertiary/aromatic N) is 1. The van der Waals surface area contributed by atoms with Gasteiger partial charge >= 0.3 is 0 Å². The van der Waals surface area contributed by atoms with Gasteiger partial charge in [0.15, 0.2) is 0 Å². The van der Waals surface area contributed by atoms with E-state index in [4.69, 9.17) is 0 Å². The van der Waals surface area contributed by atoms with Crippen LogP contribution in [0.3, 0.4) is 0 Å². The summed E-state index contributed by atoms with van der Waals surface area (Å²) in [7, 11) is 0. The van der Waals surface area contributed by atoms with Gasteiger partial charge in [-0.3, -0.25) is 9.69 Å². The van der Waals surface area contributed by atoms with Gasteiger partial charge in [-0.05, 0) is 32.4 Å². The lowest BCUT2D eigenvalue weighted by Gasteiger charge is -2.27. The van der Waals surface area contributed by atoms with Gasteiger partial charge in [0.25, 0.3) is 0 Å². The maximum atomic E-state index is 11.7. The molecule has 0 amide bonds. The quantitative estimate of drug-likeness (QED) is 0.719. The summed E-state index contributed by atoms with van der Waals surface area (Å²) >= 11 is 0. The molecule has 0 unspecified atom stereocenters. The molecule has 1 aliphatic carbocycles. The van der Waals surface area contributed by atoms with Crippen molar-refractivity contribution in [1.82, 2.24) is 10.2 Å². The molecule has 2 fully saturated rings. The Morgan fingerprint density at radius 3 is 2.79 bits per heavy atom. The molecule has 1 heterocycles. The van der Waals surface area contributed by atoms with Crippen molar-refractivity contribution in [3.8, 4) is 0 Å². The molecule has 80 valence electrons. The minimum absolute atomic E-state index is 0.409. The molecule has 1 aliphatic heterocycles. The van der Waals surface area contributed by atoms with E-state index in [0.29, 0.717) is 18.2 Å². The van der Waals surface area contributed by atoms with Crippen molar-refractivity contribution in [2.75, 3.05) is 32.7 Å². The highest BCUT2D eigenvalue weighted by molar-refractivity contribution is 5.83. The van der Waals surface area contributed by atoms with Crippen molar-refractivity contribution in [2.24, 2.45) is 5.92 Å². The van der Waals surface area contributed by atoms with Crippen molar-refractivity contribution >= 4 is 5.78 Å². The van der Waals surface area contributed by atoms with Crippen molar-refractivity contribution in [3.05, 3.63) is 0 Å². The highest BCUT2D eigenvalue weighted by Gasteiger charge is 2.26. The Hall–Kier alpha value is -0.410. The van der Waals surface area contributed by atoms with E-state index in [2.05, 4.69) is 10.2 Å². The van der Waals surface area contributed by atoms with Gasteiger partial charge in [0.1, 0.15) is 5.78 Å². The number of Topliss-reactive ketones (excluding diaryl/α,β-unsaturated/α-hetero) is 1. The van der Waals surface area contributed by atoms with Crippen molar-refractivity contribution in [3.63, 3.8) is 0 Å². The van der Waals surface area contributed by atoms with Crippen LogP contribution in [0.5, 0.6) is 0 Å². The summed E-state index contributed by atoms with van der Waals surface area (Å²) in [5.74, 6) is 0.893. The van der Waals surface area contributed by atoms with Crippen LogP contribution < -0.4 is 5.32 Å². The zero-order chi connectivity index (χ0) is 9.80. The molecule has 0 aromatic carbocycles. The largest absolute Gasteiger partial charge is 0.315 e. The molecule has 0 aromatic heterocycles. The first-order valence-corrected chi connectivity index (χ1v) is 5.82. The second kappa shape index (κ2) is 4.89. The maximum absolute atomic E-state index is 11.7. The zero-order valence-corrected chi connectivity index (χ0v) is 8.80. The number of carbonyl (C=O) groups excluding carboxylic acids is 1. The zero-order valence-electron chi connectivity index (χ0n) is 8.80. The highest BCUT2D eigenvalue weighted by atomic mass is 16.1. The molecule has 0 atom stereocenters. The molecule has 3 heteroatoms. The number of hydrogen-bond acceptors (Lipinski definition) is 3. The topological polar surface area (TPSA) is 32.3 Å². The molecule has 0 aromatic rings. The van der Waals surface area contributed by atoms with E-state index in [0.717, 1.165) is 39.0 Å². The predicted molar refractivity (Wildman–Crippen MR) is 56.3 cm³/mol. The molecule has 1 saturated heterocycles. The van der Waals surface area contributed by atoms with Crippen molar-refractivity contribution in [1.29, 1.82) is 0 Å². The van der Waals surface area contributed by atoms with E-state index < -0.39 is 0 Å². The monoisotopic (exact) mass is 196 g/mol. The number of carbonyl (C=O) groups is 1. The van der Waals surface area contributed by atoms with Gasteiger partial charge in [-0.1, -0.05) is 6.42 Å². The first kappa shape index (κ1) is 10.1. The summed E-state index contributed by atoms with van der Waals surface area (Å²) < 4.78 is 0. The van der Waals surface area contributed by atoms with Crippen LogP contribution >= 0.6 is 0 Å².